The van der Waals surface area contributed by atoms with Crippen LogP contribution in [-0.4, -0.2) is 24.4 Å². The van der Waals surface area contributed by atoms with Crippen molar-refractivity contribution in [3.8, 4) is 6.07 Å². The molecule has 0 heterocycles. The van der Waals surface area contributed by atoms with Crippen LogP contribution in [-0.2, 0) is 4.79 Å². The van der Waals surface area contributed by atoms with Gasteiger partial charge in [0.05, 0.1) is 24.2 Å². The number of nitriles is 1. The lowest BCUT2D eigenvalue weighted by Gasteiger charge is -2.26. The van der Waals surface area contributed by atoms with E-state index in [2.05, 4.69) is 11.4 Å². The first-order chi connectivity index (χ1) is 11.4. The highest BCUT2D eigenvalue weighted by Crippen LogP contribution is 2.29. The lowest BCUT2D eigenvalue weighted by molar-refractivity contribution is -0.129. The lowest BCUT2D eigenvalue weighted by Crippen LogP contribution is -2.34. The third-order valence-corrected chi connectivity index (χ3v) is 4.41. The summed E-state index contributed by atoms with van der Waals surface area (Å²) in [7, 11) is 1.73. The van der Waals surface area contributed by atoms with Gasteiger partial charge < -0.3 is 10.2 Å². The Kier molecular flexibility index (Phi) is 6.08. The Morgan fingerprint density at radius 1 is 1.25 bits per heavy atom. The number of amides is 1. The SMILES string of the molecule is C[C@H](c1ccc(Cl)cc1Cl)N(C)C(=O)CNc1ccc(C#N)cc1. The summed E-state index contributed by atoms with van der Waals surface area (Å²) in [6.45, 7) is 2.06. The van der Waals surface area contributed by atoms with Crippen LogP contribution in [0.15, 0.2) is 42.5 Å². The lowest BCUT2D eigenvalue weighted by atomic mass is 10.1. The van der Waals surface area contributed by atoms with Crippen LogP contribution >= 0.6 is 23.2 Å². The number of carbonyl (C=O) groups is 1. The zero-order valence-electron chi connectivity index (χ0n) is 13.4. The molecule has 4 nitrogen and oxygen atoms in total. The zero-order chi connectivity index (χ0) is 17.7. The third-order valence-electron chi connectivity index (χ3n) is 3.84. The smallest absolute Gasteiger partial charge is 0.242 e. The standard InChI is InChI=1S/C18H17Cl2N3O/c1-12(16-8-5-14(19)9-17(16)20)23(2)18(24)11-22-15-6-3-13(10-21)4-7-15/h3-9,12,22H,11H2,1-2H3/t12-/m1/s1. The molecular formula is C18H17Cl2N3O. The zero-order valence-corrected chi connectivity index (χ0v) is 14.9. The van der Waals surface area contributed by atoms with Gasteiger partial charge in [0.25, 0.3) is 0 Å². The topological polar surface area (TPSA) is 56.1 Å². The second-order valence-electron chi connectivity index (χ2n) is 5.39. The average molecular weight is 362 g/mol. The molecule has 0 aliphatic heterocycles. The van der Waals surface area contributed by atoms with Crippen LogP contribution in [0.3, 0.4) is 0 Å². The van der Waals surface area contributed by atoms with E-state index in [1.54, 1.807) is 48.3 Å². The molecule has 0 bridgehead atoms. The molecule has 0 saturated carbocycles. The van der Waals surface area contributed by atoms with E-state index >= 15 is 0 Å². The second-order valence-corrected chi connectivity index (χ2v) is 6.23. The highest BCUT2D eigenvalue weighted by Gasteiger charge is 2.19. The van der Waals surface area contributed by atoms with E-state index in [0.29, 0.717) is 15.6 Å². The normalized spacial score (nSPS) is 11.5. The molecule has 24 heavy (non-hydrogen) atoms. The van der Waals surface area contributed by atoms with Gasteiger partial charge in [-0.25, -0.2) is 0 Å². The number of hydrogen-bond donors (Lipinski definition) is 1. The number of nitrogens with zero attached hydrogens (tertiary/aromatic N) is 2. The molecule has 2 aromatic rings. The Labute approximate surface area is 151 Å². The van der Waals surface area contributed by atoms with Crippen LogP contribution in [0.4, 0.5) is 5.69 Å². The molecule has 0 aliphatic carbocycles. The van der Waals surface area contributed by atoms with E-state index < -0.39 is 0 Å². The van der Waals surface area contributed by atoms with E-state index in [1.807, 2.05) is 13.0 Å². The van der Waals surface area contributed by atoms with Crippen molar-refractivity contribution in [1.82, 2.24) is 4.90 Å². The molecule has 0 saturated heterocycles. The summed E-state index contributed by atoms with van der Waals surface area (Å²) in [5, 5.41) is 12.9. The average Bonchev–Trinajstić information content (AvgIpc) is 2.59. The van der Waals surface area contributed by atoms with Crippen LogP contribution in [0, 0.1) is 11.3 Å². The minimum absolute atomic E-state index is 0.0714. The van der Waals surface area contributed by atoms with Gasteiger partial charge in [-0.2, -0.15) is 5.26 Å². The van der Waals surface area contributed by atoms with Crippen molar-refractivity contribution in [2.75, 3.05) is 18.9 Å². The largest absolute Gasteiger partial charge is 0.376 e. The molecule has 2 aromatic carbocycles. The van der Waals surface area contributed by atoms with Gasteiger partial charge in [0.1, 0.15) is 0 Å². The van der Waals surface area contributed by atoms with E-state index in [1.165, 1.54) is 0 Å². The van der Waals surface area contributed by atoms with E-state index in [0.717, 1.165) is 11.3 Å². The molecular weight excluding hydrogens is 345 g/mol. The monoisotopic (exact) mass is 361 g/mol. The van der Waals surface area contributed by atoms with E-state index in [9.17, 15) is 4.79 Å². The molecule has 1 atom stereocenters. The molecule has 2 rings (SSSR count). The Bertz CT molecular complexity index is 769. The first-order valence-corrected chi connectivity index (χ1v) is 8.12. The molecule has 0 spiro atoms. The van der Waals surface area contributed by atoms with Crippen LogP contribution in [0.25, 0.3) is 0 Å². The number of halogens is 2. The van der Waals surface area contributed by atoms with Crippen molar-refractivity contribution in [3.05, 3.63) is 63.6 Å². The third kappa shape index (κ3) is 4.41. The maximum atomic E-state index is 12.4. The summed E-state index contributed by atoms with van der Waals surface area (Å²) < 4.78 is 0. The number of carbonyl (C=O) groups excluding carboxylic acids is 1. The number of likely N-dealkylation sites (N-methyl/N-ethyl adjacent to an activating group) is 1. The Morgan fingerprint density at radius 3 is 2.50 bits per heavy atom. The van der Waals surface area contributed by atoms with Crippen LogP contribution in [0.5, 0.6) is 0 Å². The van der Waals surface area contributed by atoms with Crippen LogP contribution in [0.1, 0.15) is 24.1 Å². The quantitative estimate of drug-likeness (QED) is 0.852. The van der Waals surface area contributed by atoms with Gasteiger partial charge in [-0.3, -0.25) is 4.79 Å². The van der Waals surface area contributed by atoms with Gasteiger partial charge in [0.15, 0.2) is 0 Å². The molecule has 124 valence electrons. The number of anilines is 1. The van der Waals surface area contributed by atoms with E-state index in [4.69, 9.17) is 28.5 Å². The Balaban J connectivity index is 1.99. The van der Waals surface area contributed by atoms with Crippen LogP contribution < -0.4 is 5.32 Å². The highest BCUT2D eigenvalue weighted by atomic mass is 35.5. The molecule has 1 N–H and O–H groups in total. The maximum absolute atomic E-state index is 12.4. The fourth-order valence-corrected chi connectivity index (χ4v) is 2.80. The molecule has 0 aromatic heterocycles. The first kappa shape index (κ1) is 18.1. The Morgan fingerprint density at radius 2 is 1.92 bits per heavy atom. The molecule has 6 heteroatoms. The fraction of sp³-hybridized carbons (Fsp3) is 0.222. The van der Waals surface area contributed by atoms with Gasteiger partial charge in [-0.15, -0.1) is 0 Å². The molecule has 0 fully saturated rings. The number of nitrogens with one attached hydrogen (secondary N) is 1. The second kappa shape index (κ2) is 8.05. The summed E-state index contributed by atoms with van der Waals surface area (Å²) in [6, 6.07) is 14.1. The van der Waals surface area contributed by atoms with Crippen molar-refractivity contribution < 1.29 is 4.79 Å². The van der Waals surface area contributed by atoms with Gasteiger partial charge in [-0.05, 0) is 48.9 Å². The number of rotatable bonds is 5. The van der Waals surface area contributed by atoms with Gasteiger partial charge in [0, 0.05) is 22.8 Å². The van der Waals surface area contributed by atoms with Crippen molar-refractivity contribution >= 4 is 34.8 Å². The minimum atomic E-state index is -0.176. The fourth-order valence-electron chi connectivity index (χ4n) is 2.23. The van der Waals surface area contributed by atoms with E-state index in [-0.39, 0.29) is 18.5 Å². The maximum Gasteiger partial charge on any atom is 0.242 e. The number of benzene rings is 2. The van der Waals surface area contributed by atoms with Crippen molar-refractivity contribution in [2.45, 2.75) is 13.0 Å². The summed E-state index contributed by atoms with van der Waals surface area (Å²) in [4.78, 5) is 14.0. The predicted molar refractivity (Wildman–Crippen MR) is 97.3 cm³/mol. The van der Waals surface area contributed by atoms with Crippen molar-refractivity contribution in [3.63, 3.8) is 0 Å². The van der Waals surface area contributed by atoms with Gasteiger partial charge in [-0.1, -0.05) is 29.3 Å². The predicted octanol–water partition coefficient (Wildman–Crippen LogP) is 4.50. The molecule has 0 unspecified atom stereocenters. The van der Waals surface area contributed by atoms with Gasteiger partial charge >= 0.3 is 0 Å². The first-order valence-electron chi connectivity index (χ1n) is 7.37. The summed E-state index contributed by atoms with van der Waals surface area (Å²) in [5.74, 6) is -0.0714. The molecule has 1 amide bonds. The molecule has 0 aliphatic rings. The van der Waals surface area contributed by atoms with Crippen molar-refractivity contribution in [1.29, 1.82) is 5.26 Å². The summed E-state index contributed by atoms with van der Waals surface area (Å²) >= 11 is 12.1. The summed E-state index contributed by atoms with van der Waals surface area (Å²) in [6.07, 6.45) is 0. The van der Waals surface area contributed by atoms with Gasteiger partial charge in [0.2, 0.25) is 5.91 Å². The highest BCUT2D eigenvalue weighted by molar-refractivity contribution is 6.35. The Hall–Kier alpha value is -2.22. The number of hydrogen-bond acceptors (Lipinski definition) is 3. The van der Waals surface area contributed by atoms with Crippen LogP contribution in [0.2, 0.25) is 10.0 Å². The molecule has 0 radical (unpaired) electrons. The summed E-state index contributed by atoms with van der Waals surface area (Å²) in [5.41, 5.74) is 2.21. The van der Waals surface area contributed by atoms with Crippen molar-refractivity contribution in [2.24, 2.45) is 0 Å². The minimum Gasteiger partial charge on any atom is -0.376 e.